The fourth-order valence-electron chi connectivity index (χ4n) is 9.57. The number of aliphatic hydroxyl groups is 2. The molecule has 3 heterocycles. The Morgan fingerprint density at radius 2 is 1.61 bits per heavy atom. The lowest BCUT2D eigenvalue weighted by Gasteiger charge is -2.49. The number of benzene rings is 2. The van der Waals surface area contributed by atoms with Gasteiger partial charge in [0.05, 0.1) is 25.3 Å². The summed E-state index contributed by atoms with van der Waals surface area (Å²) in [7, 11) is 0. The number of nitrogens with zero attached hydrogens (tertiary/aromatic N) is 1. The fourth-order valence-corrected chi connectivity index (χ4v) is 9.57. The Morgan fingerprint density at radius 3 is 2.25 bits per heavy atom. The van der Waals surface area contributed by atoms with Gasteiger partial charge in [0.25, 0.3) is 0 Å². The molecule has 4 aliphatic rings. The number of carbonyl (C=O) groups is 4. The molecule has 5 N–H and O–H groups in total. The zero-order chi connectivity index (χ0) is 46.2. The van der Waals surface area contributed by atoms with E-state index < -0.39 is 95.8 Å². The van der Waals surface area contributed by atoms with Crippen molar-refractivity contribution in [1.82, 2.24) is 15.7 Å². The molecule has 9 unspecified atom stereocenters. The lowest BCUT2D eigenvalue weighted by molar-refractivity contribution is -0.224. The summed E-state index contributed by atoms with van der Waals surface area (Å²) in [5.41, 5.74) is 0.0210. The smallest absolute Gasteiger partial charge is 0.327 e. The maximum atomic E-state index is 15.2. The molecule has 352 valence electrons. The predicted molar refractivity (Wildman–Crippen MR) is 237 cm³/mol. The van der Waals surface area contributed by atoms with Gasteiger partial charge in [-0.05, 0) is 76.1 Å². The molecule has 15 nitrogen and oxygen atoms in total. The highest BCUT2D eigenvalue weighted by molar-refractivity contribution is 5.96. The van der Waals surface area contributed by atoms with Crippen LogP contribution in [-0.2, 0) is 55.9 Å². The average molecular weight is 892 g/mol. The van der Waals surface area contributed by atoms with Gasteiger partial charge < -0.3 is 44.9 Å². The van der Waals surface area contributed by atoms with E-state index in [0.29, 0.717) is 19.3 Å². The number of hydroxylamine groups is 2. The van der Waals surface area contributed by atoms with E-state index in [1.807, 2.05) is 48.6 Å². The van der Waals surface area contributed by atoms with Crippen molar-refractivity contribution in [3.8, 4) is 5.75 Å². The van der Waals surface area contributed by atoms with Gasteiger partial charge in [-0.2, -0.15) is 5.06 Å². The minimum atomic E-state index is -1.65. The van der Waals surface area contributed by atoms with E-state index in [0.717, 1.165) is 55.2 Å². The number of aromatic hydroxyl groups is 1. The van der Waals surface area contributed by atoms with Crippen LogP contribution in [0.3, 0.4) is 0 Å². The number of ether oxygens (including phenoxy) is 4. The second-order valence-corrected chi connectivity index (χ2v) is 18.9. The highest BCUT2D eigenvalue weighted by Crippen LogP contribution is 2.58. The van der Waals surface area contributed by atoms with Crippen LogP contribution >= 0.6 is 0 Å². The Balaban J connectivity index is 1.31. The van der Waals surface area contributed by atoms with Crippen molar-refractivity contribution in [2.24, 2.45) is 5.41 Å². The molecule has 3 saturated heterocycles. The molecule has 9 atom stereocenters. The van der Waals surface area contributed by atoms with Crippen LogP contribution in [0.25, 0.3) is 6.08 Å². The van der Waals surface area contributed by atoms with E-state index in [1.165, 1.54) is 12.0 Å². The molecule has 0 radical (unpaired) electrons. The Labute approximate surface area is 377 Å². The number of carbonyl (C=O) groups excluding carboxylic acids is 4. The highest BCUT2D eigenvalue weighted by Gasteiger charge is 2.76. The Morgan fingerprint density at radius 1 is 0.953 bits per heavy atom. The lowest BCUT2D eigenvalue weighted by atomic mass is 9.62. The normalized spacial score (nSPS) is 26.2. The Kier molecular flexibility index (Phi) is 16.3. The molecule has 15 heteroatoms. The van der Waals surface area contributed by atoms with E-state index in [-0.39, 0.29) is 31.6 Å². The minimum Gasteiger partial charge on any atom is -0.508 e. The number of esters is 2. The van der Waals surface area contributed by atoms with Gasteiger partial charge in [-0.1, -0.05) is 94.1 Å². The SMILES string of the molecule is CCCCCC1(CCCCC)OC2C3CC4(C(=O)NC(C(=O)NC(CO)CCC(=O)OC(C)(C)C)C(C)O)C(ON(Cc5ccccc5C=CCc5ccccc5O)C4C(=O)O3)C2O1. The van der Waals surface area contributed by atoms with Crippen molar-refractivity contribution in [3.05, 3.63) is 71.3 Å². The second-order valence-electron chi connectivity index (χ2n) is 18.9. The average Bonchev–Trinajstić information content (AvgIpc) is 3.80. The maximum absolute atomic E-state index is 15.2. The fraction of sp³-hybridized carbons (Fsp3) is 0.633. The molecule has 1 aliphatic carbocycles. The van der Waals surface area contributed by atoms with Gasteiger partial charge in [0.15, 0.2) is 11.8 Å². The number of nitrogens with one attached hydrogen (secondary N) is 2. The summed E-state index contributed by atoms with van der Waals surface area (Å²) in [6.07, 6.45) is 6.31. The van der Waals surface area contributed by atoms with Gasteiger partial charge in [-0.25, -0.2) is 0 Å². The van der Waals surface area contributed by atoms with Crippen molar-refractivity contribution < 1.29 is 58.3 Å². The van der Waals surface area contributed by atoms with Gasteiger partial charge in [0, 0.05) is 25.7 Å². The first-order valence-electron chi connectivity index (χ1n) is 23.2. The largest absolute Gasteiger partial charge is 0.508 e. The van der Waals surface area contributed by atoms with Crippen LogP contribution in [0.2, 0.25) is 0 Å². The Hall–Kier alpha value is -4.38. The summed E-state index contributed by atoms with van der Waals surface area (Å²) in [6, 6.07) is 11.1. The number of hydrogen-bond donors (Lipinski definition) is 5. The third-order valence-electron chi connectivity index (χ3n) is 12.7. The summed E-state index contributed by atoms with van der Waals surface area (Å²) >= 11 is 0. The zero-order valence-electron chi connectivity index (χ0n) is 38.3. The predicted octanol–water partition coefficient (Wildman–Crippen LogP) is 5.55. The second kappa shape index (κ2) is 21.3. The number of para-hydroxylation sites is 1. The summed E-state index contributed by atoms with van der Waals surface area (Å²) in [6.45, 7) is 10.4. The number of unbranched alkanes of at least 4 members (excludes halogenated alkanes) is 4. The molecule has 64 heavy (non-hydrogen) atoms. The minimum absolute atomic E-state index is 0.00630. The molecule has 6 rings (SSSR count). The number of amides is 2. The molecular formula is C49H69N3O12. The van der Waals surface area contributed by atoms with Crippen LogP contribution in [0, 0.1) is 5.41 Å². The van der Waals surface area contributed by atoms with Crippen molar-refractivity contribution in [2.45, 2.75) is 185 Å². The van der Waals surface area contributed by atoms with Crippen molar-refractivity contribution in [1.29, 1.82) is 0 Å². The number of allylic oxidation sites excluding steroid dienone is 1. The highest BCUT2D eigenvalue weighted by atomic mass is 16.8. The van der Waals surface area contributed by atoms with Crippen LogP contribution in [-0.4, -0.2) is 111 Å². The monoisotopic (exact) mass is 891 g/mol. The molecule has 2 aromatic rings. The van der Waals surface area contributed by atoms with Crippen LogP contribution in [0.4, 0.5) is 0 Å². The molecule has 4 fully saturated rings. The lowest BCUT2D eigenvalue weighted by Crippen LogP contribution is -2.71. The summed E-state index contributed by atoms with van der Waals surface area (Å²) in [5.74, 6) is -3.46. The third kappa shape index (κ3) is 11.2. The number of rotatable bonds is 22. The Bertz CT molecular complexity index is 1960. The molecular weight excluding hydrogens is 823 g/mol. The van der Waals surface area contributed by atoms with E-state index in [1.54, 1.807) is 32.9 Å². The van der Waals surface area contributed by atoms with Crippen molar-refractivity contribution in [3.63, 3.8) is 0 Å². The summed E-state index contributed by atoms with van der Waals surface area (Å²) < 4.78 is 25.5. The molecule has 2 aromatic carbocycles. The molecule has 3 aliphatic heterocycles. The molecule has 0 spiro atoms. The van der Waals surface area contributed by atoms with E-state index in [9.17, 15) is 29.7 Å². The number of hydrogen-bond acceptors (Lipinski definition) is 13. The number of phenols is 1. The summed E-state index contributed by atoms with van der Waals surface area (Å²) in [4.78, 5) is 62.9. The van der Waals surface area contributed by atoms with E-state index in [2.05, 4.69) is 24.5 Å². The third-order valence-corrected chi connectivity index (χ3v) is 12.7. The van der Waals surface area contributed by atoms with Crippen LogP contribution < -0.4 is 10.6 Å². The molecule has 2 amide bonds. The first kappa shape index (κ1) is 49.1. The standard InChI is InChI=1S/C49H69N3O12/c1-7-9-15-26-48(27-16-10-8-2)62-40-37-28-49(46(59)51-39(31(3)54)44(57)50-35(30-53)24-25-38(56)61-47(4,5)6)42(45(58)60-37)52(64-43(49)41(40)63-48)29-34-20-12-11-18-32(34)21-17-22-33-19-13-14-23-36(33)55/h11-14,17-21,23,31,35,37,39-43,53-55H,7-10,15-16,22,24-30H2,1-6H3,(H,50,57)(H,51,59). The first-order chi connectivity index (χ1) is 30.5. The van der Waals surface area contributed by atoms with Crippen LogP contribution in [0.15, 0.2) is 54.6 Å². The van der Waals surface area contributed by atoms with Gasteiger partial charge in [-0.15, -0.1) is 0 Å². The number of aliphatic hydroxyl groups excluding tert-OH is 2. The van der Waals surface area contributed by atoms with Gasteiger partial charge in [-0.3, -0.25) is 24.0 Å². The summed E-state index contributed by atoms with van der Waals surface area (Å²) in [5, 5.41) is 38.5. The molecule has 0 aromatic heterocycles. The van der Waals surface area contributed by atoms with Gasteiger partial charge in [0.1, 0.15) is 47.2 Å². The number of fused-ring (bicyclic) bond motifs is 4. The maximum Gasteiger partial charge on any atom is 0.327 e. The van der Waals surface area contributed by atoms with Crippen LogP contribution in [0.5, 0.6) is 5.75 Å². The van der Waals surface area contributed by atoms with Gasteiger partial charge in [0.2, 0.25) is 11.8 Å². The van der Waals surface area contributed by atoms with E-state index >= 15 is 4.79 Å². The van der Waals surface area contributed by atoms with Crippen molar-refractivity contribution in [2.75, 3.05) is 6.61 Å². The molecule has 2 bridgehead atoms. The van der Waals surface area contributed by atoms with Crippen molar-refractivity contribution >= 4 is 29.8 Å². The zero-order valence-corrected chi connectivity index (χ0v) is 38.3. The number of phenolic OH excluding ortho intramolecular Hbond substituents is 1. The quantitative estimate of drug-likeness (QED) is 0.0728. The van der Waals surface area contributed by atoms with Crippen LogP contribution in [0.1, 0.15) is 129 Å². The van der Waals surface area contributed by atoms with Gasteiger partial charge >= 0.3 is 11.9 Å². The van der Waals surface area contributed by atoms with E-state index in [4.69, 9.17) is 23.8 Å². The topological polar surface area (TPSA) is 202 Å². The molecule has 1 saturated carbocycles. The first-order valence-corrected chi connectivity index (χ1v) is 23.2.